The van der Waals surface area contributed by atoms with Crippen LogP contribution in [0.1, 0.15) is 52.7 Å². The zero-order valence-corrected chi connectivity index (χ0v) is 32.2. The zero-order valence-electron chi connectivity index (χ0n) is 32.2. The van der Waals surface area contributed by atoms with E-state index in [9.17, 15) is 19.6 Å². The van der Waals surface area contributed by atoms with Gasteiger partial charge in [-0.3, -0.25) is 19.4 Å². The van der Waals surface area contributed by atoms with Gasteiger partial charge in [-0.1, -0.05) is 30.3 Å². The number of rotatable bonds is 13. The second kappa shape index (κ2) is 18.7. The molecule has 1 aliphatic rings. The molecule has 56 heavy (non-hydrogen) atoms. The fourth-order valence-electron chi connectivity index (χ4n) is 4.86. The number of aliphatic imine (C=N–C) groups is 1. The van der Waals surface area contributed by atoms with Crippen LogP contribution in [0.25, 0.3) is 6.08 Å². The molecule has 0 atom stereocenters. The first-order chi connectivity index (χ1) is 26.6. The number of azo groups is 1. The van der Waals surface area contributed by atoms with Crippen molar-refractivity contribution in [3.05, 3.63) is 112 Å². The van der Waals surface area contributed by atoms with Crippen molar-refractivity contribution >= 4 is 52.9 Å². The van der Waals surface area contributed by atoms with Gasteiger partial charge in [0.15, 0.2) is 5.57 Å². The lowest BCUT2D eigenvalue weighted by molar-refractivity contribution is -0.152. The molecule has 0 radical (unpaired) electrons. The average molecular weight is 751 g/mol. The number of anilines is 1. The van der Waals surface area contributed by atoms with Crippen LogP contribution in [-0.4, -0.2) is 50.4 Å². The maximum atomic E-state index is 12.4. The monoisotopic (exact) mass is 750 g/mol. The highest BCUT2D eigenvalue weighted by Gasteiger charge is 2.28. The molecule has 3 aromatic rings. The van der Waals surface area contributed by atoms with Crippen LogP contribution in [0.15, 0.2) is 117 Å². The molecule has 0 aliphatic carbocycles. The molecule has 0 bridgehead atoms. The van der Waals surface area contributed by atoms with E-state index >= 15 is 0 Å². The third-order valence-corrected chi connectivity index (χ3v) is 8.09. The smallest absolute Gasteiger partial charge is 0.311 e. The number of carbonyl (C=O) groups is 3. The molecule has 0 saturated carbocycles. The van der Waals surface area contributed by atoms with Crippen LogP contribution in [0.2, 0.25) is 0 Å². The highest BCUT2D eigenvalue weighted by molar-refractivity contribution is 6.05. The number of nitriles is 3. The Morgan fingerprint density at radius 1 is 0.714 bits per heavy atom. The molecule has 1 heterocycles. The summed E-state index contributed by atoms with van der Waals surface area (Å²) in [5.74, 6) is -1.14. The van der Waals surface area contributed by atoms with Gasteiger partial charge >= 0.3 is 11.9 Å². The number of hydrogen-bond donors (Lipinski definition) is 1. The molecular weight excluding hydrogens is 709 g/mol. The van der Waals surface area contributed by atoms with E-state index in [1.807, 2.05) is 59.5 Å². The summed E-state index contributed by atoms with van der Waals surface area (Å²) in [6.45, 7) is 12.0. The molecule has 1 aliphatic heterocycles. The second-order valence-electron chi connectivity index (χ2n) is 14.6. The summed E-state index contributed by atoms with van der Waals surface area (Å²) in [6.07, 6.45) is 4.85. The normalized spacial score (nSPS) is 13.1. The van der Waals surface area contributed by atoms with Crippen molar-refractivity contribution in [1.29, 1.82) is 15.8 Å². The van der Waals surface area contributed by atoms with Gasteiger partial charge in [0, 0.05) is 11.9 Å². The predicted octanol–water partition coefficient (Wildman–Crippen LogP) is 8.10. The van der Waals surface area contributed by atoms with Crippen molar-refractivity contribution in [2.24, 2.45) is 26.1 Å². The van der Waals surface area contributed by atoms with Crippen molar-refractivity contribution in [1.82, 2.24) is 5.32 Å². The van der Waals surface area contributed by atoms with E-state index in [4.69, 9.17) is 20.0 Å². The summed E-state index contributed by atoms with van der Waals surface area (Å²) >= 11 is 0. The molecule has 284 valence electrons. The number of hydrogen-bond acceptors (Lipinski definition) is 12. The van der Waals surface area contributed by atoms with E-state index in [0.29, 0.717) is 30.2 Å². The first-order valence-electron chi connectivity index (χ1n) is 17.7. The highest BCUT2D eigenvalue weighted by atomic mass is 16.5. The van der Waals surface area contributed by atoms with Crippen LogP contribution in [0, 0.1) is 44.8 Å². The third kappa shape index (κ3) is 11.7. The first-order valence-corrected chi connectivity index (χ1v) is 17.7. The fraction of sp³-hybridized carbons (Fsp3) is 0.279. The molecule has 3 aromatic carbocycles. The minimum absolute atomic E-state index is 0.0564. The zero-order chi connectivity index (χ0) is 40.9. The summed E-state index contributed by atoms with van der Waals surface area (Å²) in [7, 11) is 0. The van der Waals surface area contributed by atoms with Crippen LogP contribution in [0.4, 0.5) is 22.7 Å². The molecule has 1 amide bonds. The summed E-state index contributed by atoms with van der Waals surface area (Å²) in [5, 5.41) is 38.9. The predicted molar refractivity (Wildman–Crippen MR) is 212 cm³/mol. The molecule has 0 fully saturated rings. The van der Waals surface area contributed by atoms with Crippen LogP contribution in [0.3, 0.4) is 0 Å². The van der Waals surface area contributed by atoms with Crippen LogP contribution in [0.5, 0.6) is 0 Å². The Labute approximate surface area is 326 Å². The number of nitrogens with one attached hydrogen (secondary N) is 1. The molecule has 13 nitrogen and oxygen atoms in total. The Hall–Kier alpha value is -7.17. The summed E-state index contributed by atoms with van der Waals surface area (Å²) in [4.78, 5) is 43.5. The Morgan fingerprint density at radius 2 is 1.20 bits per heavy atom. The first kappa shape index (κ1) is 41.6. The highest BCUT2D eigenvalue weighted by Crippen LogP contribution is 2.26. The van der Waals surface area contributed by atoms with Gasteiger partial charge in [0.05, 0.1) is 57.8 Å². The molecule has 13 heteroatoms. The maximum Gasteiger partial charge on any atom is 0.311 e. The Balaban J connectivity index is 1.35. The molecule has 4 rings (SSSR count). The standard InChI is InChI=1S/C43H42N8O5/c1-42(2,3)40(53)55-23-21-51(22-24-56-41(54)43(4,5)6)35-18-16-34(17-19-35)50-49-33-14-9-30(10-15-33)28-47-32-12-7-29(8-13-32)11-20-36-37(27-46)38(48-39(36)52)31(25-44)26-45/h7-20,28H,21-24H2,1-6H3,(H,48,52)/b20-11+,47-28?,50-49?. The largest absolute Gasteiger partial charge is 0.463 e. The summed E-state index contributed by atoms with van der Waals surface area (Å²) in [5.41, 5.74) is 2.80. The van der Waals surface area contributed by atoms with E-state index < -0.39 is 16.7 Å². The Morgan fingerprint density at radius 3 is 1.68 bits per heavy atom. The fourth-order valence-corrected chi connectivity index (χ4v) is 4.86. The lowest BCUT2D eigenvalue weighted by atomic mass is 9.97. The summed E-state index contributed by atoms with van der Waals surface area (Å²) in [6, 6.07) is 27.3. The van der Waals surface area contributed by atoms with Gasteiger partial charge in [0.2, 0.25) is 0 Å². The van der Waals surface area contributed by atoms with Gasteiger partial charge in [-0.2, -0.15) is 26.0 Å². The number of amides is 1. The van der Waals surface area contributed by atoms with E-state index in [1.54, 1.807) is 90.2 Å². The number of esters is 2. The minimum atomic E-state index is -0.610. The number of allylic oxidation sites excluding steroid dienone is 2. The Kier molecular flexibility index (Phi) is 13.9. The van der Waals surface area contributed by atoms with Gasteiger partial charge in [-0.15, -0.1) is 0 Å². The molecule has 1 N–H and O–H groups in total. The molecule has 0 aromatic heterocycles. The molecule has 0 spiro atoms. The van der Waals surface area contributed by atoms with Gasteiger partial charge in [0.25, 0.3) is 5.91 Å². The SMILES string of the molecule is CC(C)(C)C(=O)OCCN(CCOC(=O)C(C)(C)C)c1ccc(N=Nc2ccc(C=Nc3ccc(/C=C/C4=C(C#N)C(=C(C#N)C#N)NC4=O)cc3)cc2)cc1. The number of benzene rings is 3. The van der Waals surface area contributed by atoms with Crippen molar-refractivity contribution in [3.8, 4) is 18.2 Å². The van der Waals surface area contributed by atoms with Crippen molar-refractivity contribution < 1.29 is 23.9 Å². The van der Waals surface area contributed by atoms with Crippen LogP contribution in [-0.2, 0) is 23.9 Å². The number of ether oxygens (including phenoxy) is 2. The summed E-state index contributed by atoms with van der Waals surface area (Å²) < 4.78 is 11.0. The van der Waals surface area contributed by atoms with Crippen molar-refractivity contribution in [2.75, 3.05) is 31.2 Å². The van der Waals surface area contributed by atoms with E-state index in [2.05, 4.69) is 20.5 Å². The third-order valence-electron chi connectivity index (χ3n) is 8.09. The van der Waals surface area contributed by atoms with Crippen molar-refractivity contribution in [3.63, 3.8) is 0 Å². The maximum absolute atomic E-state index is 12.4. The number of carbonyl (C=O) groups excluding carboxylic acids is 3. The van der Waals surface area contributed by atoms with E-state index in [-0.39, 0.29) is 47.6 Å². The van der Waals surface area contributed by atoms with Crippen LogP contribution >= 0.6 is 0 Å². The Bertz CT molecular complexity index is 2170. The van der Waals surface area contributed by atoms with E-state index in [1.165, 1.54) is 6.08 Å². The topological polar surface area (TPSA) is 193 Å². The number of nitrogens with zero attached hydrogens (tertiary/aromatic N) is 7. The van der Waals surface area contributed by atoms with Gasteiger partial charge in [-0.25, -0.2) is 0 Å². The lowest BCUT2D eigenvalue weighted by Crippen LogP contribution is -2.34. The second-order valence-corrected chi connectivity index (χ2v) is 14.6. The van der Waals surface area contributed by atoms with Gasteiger partial charge in [-0.05, 0) is 107 Å². The lowest BCUT2D eigenvalue weighted by Gasteiger charge is -2.26. The molecular formula is C43H42N8O5. The minimum Gasteiger partial charge on any atom is -0.463 e. The van der Waals surface area contributed by atoms with Gasteiger partial charge < -0.3 is 19.7 Å². The van der Waals surface area contributed by atoms with Crippen LogP contribution < -0.4 is 10.2 Å². The quantitative estimate of drug-likeness (QED) is 0.0777. The van der Waals surface area contributed by atoms with Crippen molar-refractivity contribution in [2.45, 2.75) is 41.5 Å². The van der Waals surface area contributed by atoms with Gasteiger partial charge in [0.1, 0.15) is 31.4 Å². The molecule has 0 unspecified atom stereocenters. The average Bonchev–Trinajstić information content (AvgIpc) is 3.49. The van der Waals surface area contributed by atoms with E-state index in [0.717, 1.165) is 16.8 Å². The molecule has 0 saturated heterocycles.